The van der Waals surface area contributed by atoms with Gasteiger partial charge < -0.3 is 14.8 Å². The highest BCUT2D eigenvalue weighted by atomic mass is 32.1. The largest absolute Gasteiger partial charge is 0.493 e. The molecule has 7 nitrogen and oxygen atoms in total. The number of benzene rings is 1. The third-order valence-electron chi connectivity index (χ3n) is 3.78. The molecule has 0 saturated heterocycles. The molecular formula is C19H19N3O4S. The Balaban J connectivity index is 1.66. The van der Waals surface area contributed by atoms with E-state index in [1.165, 1.54) is 18.7 Å². The fraction of sp³-hybridized carbons (Fsp3) is 0.211. The van der Waals surface area contributed by atoms with Gasteiger partial charge in [0.1, 0.15) is 0 Å². The van der Waals surface area contributed by atoms with Crippen LogP contribution in [0.1, 0.15) is 22.3 Å². The highest BCUT2D eigenvalue weighted by Crippen LogP contribution is 2.20. The molecule has 1 amide bonds. The SMILES string of the molecule is COc1cn(-c2ccccc2)nc1C(=O)O[C@@H](C)C(=O)NCc1cccs1. The number of para-hydroxylation sites is 1. The molecule has 0 spiro atoms. The Labute approximate surface area is 160 Å². The highest BCUT2D eigenvalue weighted by Gasteiger charge is 2.24. The number of nitrogens with zero attached hydrogens (tertiary/aromatic N) is 2. The predicted octanol–water partition coefficient (Wildman–Crippen LogP) is 2.80. The number of ether oxygens (including phenoxy) is 2. The topological polar surface area (TPSA) is 82.5 Å². The maximum absolute atomic E-state index is 12.5. The normalized spacial score (nSPS) is 11.6. The lowest BCUT2D eigenvalue weighted by molar-refractivity contribution is -0.129. The quantitative estimate of drug-likeness (QED) is 0.633. The summed E-state index contributed by atoms with van der Waals surface area (Å²) in [6.07, 6.45) is 0.636. The summed E-state index contributed by atoms with van der Waals surface area (Å²) in [4.78, 5) is 25.6. The average molecular weight is 385 g/mol. The third kappa shape index (κ3) is 4.53. The van der Waals surface area contributed by atoms with Crippen molar-refractivity contribution in [3.05, 3.63) is 64.6 Å². The number of nitrogens with one attached hydrogen (secondary N) is 1. The minimum Gasteiger partial charge on any atom is -0.493 e. The molecule has 1 aromatic carbocycles. The first-order chi connectivity index (χ1) is 13.1. The third-order valence-corrected chi connectivity index (χ3v) is 4.66. The maximum atomic E-state index is 12.5. The van der Waals surface area contributed by atoms with E-state index in [0.717, 1.165) is 10.6 Å². The van der Waals surface area contributed by atoms with Crippen LogP contribution in [-0.2, 0) is 16.1 Å². The molecule has 1 atom stereocenters. The Hall–Kier alpha value is -3.13. The van der Waals surface area contributed by atoms with Gasteiger partial charge >= 0.3 is 5.97 Å². The van der Waals surface area contributed by atoms with Crippen LogP contribution in [0.2, 0.25) is 0 Å². The van der Waals surface area contributed by atoms with Gasteiger partial charge in [-0.25, -0.2) is 9.48 Å². The van der Waals surface area contributed by atoms with Gasteiger partial charge in [0.05, 0.1) is 25.5 Å². The van der Waals surface area contributed by atoms with Crippen LogP contribution in [0.3, 0.4) is 0 Å². The number of rotatable bonds is 7. The lowest BCUT2D eigenvalue weighted by Gasteiger charge is -2.12. The van der Waals surface area contributed by atoms with Gasteiger partial charge in [-0.3, -0.25) is 4.79 Å². The summed E-state index contributed by atoms with van der Waals surface area (Å²) in [6.45, 7) is 1.91. The molecule has 0 radical (unpaired) electrons. The van der Waals surface area contributed by atoms with E-state index in [9.17, 15) is 9.59 Å². The molecule has 3 rings (SSSR count). The van der Waals surface area contributed by atoms with Crippen LogP contribution < -0.4 is 10.1 Å². The second kappa shape index (κ2) is 8.50. The summed E-state index contributed by atoms with van der Waals surface area (Å²) >= 11 is 1.54. The molecule has 3 aromatic rings. The molecule has 2 heterocycles. The van der Waals surface area contributed by atoms with Crippen molar-refractivity contribution in [1.82, 2.24) is 15.1 Å². The van der Waals surface area contributed by atoms with E-state index in [0.29, 0.717) is 6.54 Å². The number of hydrogen-bond donors (Lipinski definition) is 1. The van der Waals surface area contributed by atoms with Gasteiger partial charge in [0.2, 0.25) is 5.69 Å². The van der Waals surface area contributed by atoms with Crippen molar-refractivity contribution >= 4 is 23.2 Å². The van der Waals surface area contributed by atoms with Crippen LogP contribution in [0, 0.1) is 0 Å². The molecule has 0 aliphatic carbocycles. The van der Waals surface area contributed by atoms with Crippen molar-refractivity contribution in [2.45, 2.75) is 19.6 Å². The molecule has 0 unspecified atom stereocenters. The smallest absolute Gasteiger partial charge is 0.363 e. The van der Waals surface area contributed by atoms with Crippen molar-refractivity contribution in [3.8, 4) is 11.4 Å². The molecule has 1 N–H and O–H groups in total. The first-order valence-corrected chi connectivity index (χ1v) is 9.16. The lowest BCUT2D eigenvalue weighted by Crippen LogP contribution is -2.35. The molecule has 0 saturated carbocycles. The van der Waals surface area contributed by atoms with Gasteiger partial charge in [-0.1, -0.05) is 24.3 Å². The molecule has 27 heavy (non-hydrogen) atoms. The maximum Gasteiger partial charge on any atom is 0.363 e. The number of hydrogen-bond acceptors (Lipinski definition) is 6. The van der Waals surface area contributed by atoms with E-state index in [1.54, 1.807) is 17.5 Å². The number of amides is 1. The zero-order valence-corrected chi connectivity index (χ0v) is 15.7. The highest BCUT2D eigenvalue weighted by molar-refractivity contribution is 7.09. The fourth-order valence-electron chi connectivity index (χ4n) is 2.36. The minimum absolute atomic E-state index is 0.0132. The van der Waals surface area contributed by atoms with Crippen LogP contribution in [0.5, 0.6) is 5.75 Å². The van der Waals surface area contributed by atoms with Crippen molar-refractivity contribution in [2.75, 3.05) is 7.11 Å². The Morgan fingerprint density at radius 3 is 2.67 bits per heavy atom. The van der Waals surface area contributed by atoms with Crippen LogP contribution in [0.4, 0.5) is 0 Å². The molecule has 0 bridgehead atoms. The Morgan fingerprint density at radius 2 is 2.00 bits per heavy atom. The summed E-state index contributed by atoms with van der Waals surface area (Å²) in [6, 6.07) is 13.1. The van der Waals surface area contributed by atoms with Crippen LogP contribution >= 0.6 is 11.3 Å². The Kier molecular flexibility index (Phi) is 5.87. The van der Waals surface area contributed by atoms with Gasteiger partial charge in [0.25, 0.3) is 5.91 Å². The lowest BCUT2D eigenvalue weighted by atomic mass is 10.3. The minimum atomic E-state index is -0.955. The molecule has 0 aliphatic rings. The van der Waals surface area contributed by atoms with Gasteiger partial charge in [0.15, 0.2) is 11.9 Å². The summed E-state index contributed by atoms with van der Waals surface area (Å²) in [5.74, 6) is -0.825. The number of carbonyl (C=O) groups excluding carboxylic acids is 2. The molecule has 8 heteroatoms. The van der Waals surface area contributed by atoms with E-state index in [4.69, 9.17) is 9.47 Å². The van der Waals surface area contributed by atoms with Gasteiger partial charge in [-0.2, -0.15) is 5.10 Å². The second-order valence-electron chi connectivity index (χ2n) is 5.67. The summed E-state index contributed by atoms with van der Waals surface area (Å²) in [7, 11) is 1.44. The zero-order chi connectivity index (χ0) is 19.2. The standard InChI is InChI=1S/C19H19N3O4S/c1-13(18(23)20-11-15-9-6-10-27-15)26-19(24)17-16(25-2)12-22(21-17)14-7-4-3-5-8-14/h3-10,12-13H,11H2,1-2H3,(H,20,23)/t13-/m0/s1. The van der Waals surface area contributed by atoms with Gasteiger partial charge in [0, 0.05) is 4.88 Å². The number of methoxy groups -OCH3 is 1. The van der Waals surface area contributed by atoms with Crippen molar-refractivity contribution in [2.24, 2.45) is 0 Å². The van der Waals surface area contributed by atoms with Crippen LogP contribution in [0.25, 0.3) is 5.69 Å². The zero-order valence-electron chi connectivity index (χ0n) is 14.9. The van der Waals surface area contributed by atoms with Crippen LogP contribution in [-0.4, -0.2) is 34.9 Å². The fourth-order valence-corrected chi connectivity index (χ4v) is 3.01. The van der Waals surface area contributed by atoms with E-state index in [-0.39, 0.29) is 17.4 Å². The van der Waals surface area contributed by atoms with Crippen molar-refractivity contribution < 1.29 is 19.1 Å². The Morgan fingerprint density at radius 1 is 1.22 bits per heavy atom. The van der Waals surface area contributed by atoms with E-state index >= 15 is 0 Å². The molecule has 0 aliphatic heterocycles. The summed E-state index contributed by atoms with van der Waals surface area (Å²) in [5, 5.41) is 8.91. The van der Waals surface area contributed by atoms with Crippen LogP contribution in [0.15, 0.2) is 54.0 Å². The van der Waals surface area contributed by atoms with E-state index in [2.05, 4.69) is 10.4 Å². The number of esters is 1. The summed E-state index contributed by atoms with van der Waals surface area (Å²) in [5.41, 5.74) is 0.788. The van der Waals surface area contributed by atoms with Gasteiger partial charge in [-0.15, -0.1) is 11.3 Å². The van der Waals surface area contributed by atoms with E-state index < -0.39 is 12.1 Å². The van der Waals surface area contributed by atoms with Crippen molar-refractivity contribution in [1.29, 1.82) is 0 Å². The molecule has 2 aromatic heterocycles. The Bertz CT molecular complexity index is 906. The van der Waals surface area contributed by atoms with Gasteiger partial charge in [-0.05, 0) is 30.5 Å². The summed E-state index contributed by atoms with van der Waals surface area (Å²) < 4.78 is 12.0. The number of carbonyl (C=O) groups is 2. The number of thiophene rings is 1. The van der Waals surface area contributed by atoms with E-state index in [1.807, 2.05) is 47.8 Å². The van der Waals surface area contributed by atoms with Crippen molar-refractivity contribution in [3.63, 3.8) is 0 Å². The molecular weight excluding hydrogens is 366 g/mol. The first kappa shape index (κ1) is 18.7. The second-order valence-corrected chi connectivity index (χ2v) is 6.70. The monoisotopic (exact) mass is 385 g/mol. The number of aromatic nitrogens is 2. The molecule has 140 valence electrons. The average Bonchev–Trinajstić information content (AvgIpc) is 3.36. The first-order valence-electron chi connectivity index (χ1n) is 8.28. The predicted molar refractivity (Wildman–Crippen MR) is 101 cm³/mol. The molecule has 0 fully saturated rings.